The number of benzene rings is 1. The Morgan fingerprint density at radius 2 is 1.95 bits per heavy atom. The van der Waals surface area contributed by atoms with Gasteiger partial charge in [0.05, 0.1) is 28.7 Å². The van der Waals surface area contributed by atoms with E-state index in [1.165, 1.54) is 6.07 Å². The maximum Gasteiger partial charge on any atom is 0.416 e. The molecule has 0 aliphatic heterocycles. The van der Waals surface area contributed by atoms with Crippen molar-refractivity contribution in [1.29, 1.82) is 0 Å². The molecule has 1 aliphatic carbocycles. The monoisotopic (exact) mass is 299 g/mol. The lowest BCUT2D eigenvalue weighted by Gasteiger charge is -2.29. The fraction of sp³-hybridized carbons (Fsp3) is 0.500. The van der Waals surface area contributed by atoms with Gasteiger partial charge in [0.2, 0.25) is 5.95 Å². The van der Waals surface area contributed by atoms with Gasteiger partial charge in [-0.2, -0.15) is 13.2 Å². The normalized spacial score (nSPS) is 23.6. The van der Waals surface area contributed by atoms with E-state index in [1.807, 2.05) is 0 Å². The van der Waals surface area contributed by atoms with Crippen molar-refractivity contribution < 1.29 is 18.3 Å². The number of aliphatic hydroxyl groups excluding tert-OH is 1. The summed E-state index contributed by atoms with van der Waals surface area (Å²) >= 11 is 0. The number of alkyl halides is 3. The van der Waals surface area contributed by atoms with Gasteiger partial charge < -0.3 is 15.4 Å². The lowest BCUT2D eigenvalue weighted by molar-refractivity contribution is -0.137. The fourth-order valence-corrected chi connectivity index (χ4v) is 3.04. The van der Waals surface area contributed by atoms with Crippen LogP contribution in [0.1, 0.15) is 37.3 Å². The van der Waals surface area contributed by atoms with Gasteiger partial charge in [-0.05, 0) is 31.0 Å². The smallest absolute Gasteiger partial charge is 0.391 e. The van der Waals surface area contributed by atoms with Crippen molar-refractivity contribution in [3.8, 4) is 0 Å². The molecule has 7 heteroatoms. The summed E-state index contributed by atoms with van der Waals surface area (Å²) in [5.41, 5.74) is 5.86. The van der Waals surface area contributed by atoms with Crippen LogP contribution in [0.3, 0.4) is 0 Å². The largest absolute Gasteiger partial charge is 0.416 e. The number of nitrogens with zero attached hydrogens (tertiary/aromatic N) is 2. The van der Waals surface area contributed by atoms with Crippen molar-refractivity contribution in [2.75, 3.05) is 5.73 Å². The summed E-state index contributed by atoms with van der Waals surface area (Å²) in [7, 11) is 0. The predicted octanol–water partition coefficient (Wildman–Crippen LogP) is 3.11. The van der Waals surface area contributed by atoms with Crippen molar-refractivity contribution in [3.05, 3.63) is 23.8 Å². The number of nitrogen functional groups attached to an aromatic ring is 1. The first-order chi connectivity index (χ1) is 9.88. The molecule has 4 nitrogen and oxygen atoms in total. The number of aliphatic hydroxyl groups is 1. The van der Waals surface area contributed by atoms with Crippen molar-refractivity contribution >= 4 is 17.0 Å². The van der Waals surface area contributed by atoms with Gasteiger partial charge >= 0.3 is 6.18 Å². The number of imidazole rings is 1. The second kappa shape index (κ2) is 4.91. The average molecular weight is 299 g/mol. The van der Waals surface area contributed by atoms with Crippen LogP contribution in [0.5, 0.6) is 0 Å². The SMILES string of the molecule is Nc1nc2cc(C(F)(F)F)ccc2n1C1CCCCC1O. The minimum Gasteiger partial charge on any atom is -0.391 e. The highest BCUT2D eigenvalue weighted by Gasteiger charge is 2.32. The Balaban J connectivity index is 2.09. The molecule has 2 atom stereocenters. The molecule has 0 spiro atoms. The van der Waals surface area contributed by atoms with Crippen LogP contribution in [0.2, 0.25) is 0 Å². The Morgan fingerprint density at radius 3 is 2.62 bits per heavy atom. The van der Waals surface area contributed by atoms with E-state index in [0.29, 0.717) is 11.9 Å². The van der Waals surface area contributed by atoms with Crippen molar-refractivity contribution in [2.24, 2.45) is 0 Å². The fourth-order valence-electron chi connectivity index (χ4n) is 3.04. The molecule has 21 heavy (non-hydrogen) atoms. The van der Waals surface area contributed by atoms with Crippen molar-refractivity contribution in [1.82, 2.24) is 9.55 Å². The standard InChI is InChI=1S/C14H16F3N3O/c15-14(16,17)8-5-6-10-9(7-8)19-13(18)20(10)11-3-1-2-4-12(11)21/h5-7,11-12,21H,1-4H2,(H2,18,19). The number of hydrogen-bond acceptors (Lipinski definition) is 3. The molecule has 0 saturated heterocycles. The number of halogens is 3. The molecule has 1 fully saturated rings. The van der Waals surface area contributed by atoms with E-state index in [9.17, 15) is 18.3 Å². The molecular weight excluding hydrogens is 283 g/mol. The Labute approximate surface area is 119 Å². The summed E-state index contributed by atoms with van der Waals surface area (Å²) in [6.07, 6.45) is -1.62. The van der Waals surface area contributed by atoms with E-state index >= 15 is 0 Å². The summed E-state index contributed by atoms with van der Waals surface area (Å²) < 4.78 is 39.9. The topological polar surface area (TPSA) is 64.1 Å². The van der Waals surface area contributed by atoms with Crippen LogP contribution in [0.4, 0.5) is 19.1 Å². The number of rotatable bonds is 1. The lowest BCUT2D eigenvalue weighted by atomic mass is 9.92. The van der Waals surface area contributed by atoms with Crippen LogP contribution in [0.15, 0.2) is 18.2 Å². The van der Waals surface area contributed by atoms with E-state index in [2.05, 4.69) is 4.98 Å². The van der Waals surface area contributed by atoms with Crippen molar-refractivity contribution in [2.45, 2.75) is 44.0 Å². The van der Waals surface area contributed by atoms with E-state index in [0.717, 1.165) is 31.4 Å². The molecule has 114 valence electrons. The maximum absolute atomic E-state index is 12.7. The first kappa shape index (κ1) is 14.2. The van der Waals surface area contributed by atoms with Crippen LogP contribution < -0.4 is 5.73 Å². The Hall–Kier alpha value is -1.76. The molecule has 0 amide bonds. The lowest BCUT2D eigenvalue weighted by Crippen LogP contribution is -2.28. The quantitative estimate of drug-likeness (QED) is 0.850. The molecule has 0 bridgehead atoms. The highest BCUT2D eigenvalue weighted by molar-refractivity contribution is 5.79. The summed E-state index contributed by atoms with van der Waals surface area (Å²) in [6, 6.07) is 3.18. The third-order valence-corrected chi connectivity index (χ3v) is 4.07. The van der Waals surface area contributed by atoms with Gasteiger partial charge in [-0.3, -0.25) is 0 Å². The third kappa shape index (κ3) is 2.46. The predicted molar refractivity (Wildman–Crippen MR) is 72.7 cm³/mol. The first-order valence-electron chi connectivity index (χ1n) is 6.90. The molecule has 2 aromatic rings. The molecule has 3 N–H and O–H groups in total. The molecule has 3 rings (SSSR count). The number of nitrogens with two attached hydrogens (primary N) is 1. The minimum atomic E-state index is -4.41. The highest BCUT2D eigenvalue weighted by Crippen LogP contribution is 2.36. The van der Waals surface area contributed by atoms with Gasteiger partial charge in [0, 0.05) is 0 Å². The molecule has 1 aromatic carbocycles. The Morgan fingerprint density at radius 1 is 1.24 bits per heavy atom. The van der Waals surface area contributed by atoms with Crippen LogP contribution in [0, 0.1) is 0 Å². The number of aromatic nitrogens is 2. The Kier molecular flexibility index (Phi) is 3.32. The van der Waals surface area contributed by atoms with Crippen LogP contribution in [-0.4, -0.2) is 20.8 Å². The van der Waals surface area contributed by atoms with E-state index in [4.69, 9.17) is 5.73 Å². The number of fused-ring (bicyclic) bond motifs is 1. The molecule has 1 saturated carbocycles. The minimum absolute atomic E-state index is 0.148. The summed E-state index contributed by atoms with van der Waals surface area (Å²) in [5, 5.41) is 10.1. The van der Waals surface area contributed by atoms with Gasteiger partial charge in [0.1, 0.15) is 0 Å². The second-order valence-electron chi connectivity index (χ2n) is 5.46. The zero-order valence-corrected chi connectivity index (χ0v) is 11.3. The summed E-state index contributed by atoms with van der Waals surface area (Å²) in [6.45, 7) is 0. The molecule has 1 heterocycles. The zero-order chi connectivity index (χ0) is 15.2. The van der Waals surface area contributed by atoms with Gasteiger partial charge in [-0.1, -0.05) is 12.8 Å². The molecular formula is C14H16F3N3O. The third-order valence-electron chi connectivity index (χ3n) is 4.07. The summed E-state index contributed by atoms with van der Waals surface area (Å²) in [5.74, 6) is 0.148. The zero-order valence-electron chi connectivity index (χ0n) is 11.3. The average Bonchev–Trinajstić information content (AvgIpc) is 2.73. The van der Waals surface area contributed by atoms with Crippen LogP contribution >= 0.6 is 0 Å². The van der Waals surface area contributed by atoms with Crippen LogP contribution in [-0.2, 0) is 6.18 Å². The maximum atomic E-state index is 12.7. The van der Waals surface area contributed by atoms with Gasteiger partial charge in [0.25, 0.3) is 0 Å². The molecule has 2 unspecified atom stereocenters. The number of hydrogen-bond donors (Lipinski definition) is 2. The molecule has 1 aromatic heterocycles. The molecule has 0 radical (unpaired) electrons. The van der Waals surface area contributed by atoms with E-state index in [1.54, 1.807) is 4.57 Å². The Bertz CT molecular complexity index is 665. The van der Waals surface area contributed by atoms with E-state index in [-0.39, 0.29) is 17.5 Å². The van der Waals surface area contributed by atoms with E-state index < -0.39 is 17.8 Å². The van der Waals surface area contributed by atoms with Crippen LogP contribution in [0.25, 0.3) is 11.0 Å². The summed E-state index contributed by atoms with van der Waals surface area (Å²) in [4.78, 5) is 4.03. The first-order valence-corrected chi connectivity index (χ1v) is 6.90. The van der Waals surface area contributed by atoms with Gasteiger partial charge in [-0.25, -0.2) is 4.98 Å². The number of anilines is 1. The van der Waals surface area contributed by atoms with Gasteiger partial charge in [0.15, 0.2) is 0 Å². The highest BCUT2D eigenvalue weighted by atomic mass is 19.4. The van der Waals surface area contributed by atoms with Gasteiger partial charge in [-0.15, -0.1) is 0 Å². The second-order valence-corrected chi connectivity index (χ2v) is 5.46. The van der Waals surface area contributed by atoms with Crippen molar-refractivity contribution in [3.63, 3.8) is 0 Å². The molecule has 1 aliphatic rings.